The largest absolute Gasteiger partial charge is 0.315 e. The summed E-state index contributed by atoms with van der Waals surface area (Å²) in [5.74, 6) is 0. The second-order valence-electron chi connectivity index (χ2n) is 3.62. The van der Waals surface area contributed by atoms with Crippen LogP contribution in [0.2, 0.25) is 0 Å². The second-order valence-corrected chi connectivity index (χ2v) is 3.62. The zero-order valence-corrected chi connectivity index (χ0v) is 8.35. The van der Waals surface area contributed by atoms with E-state index in [-0.39, 0.29) is 1.43 Å². The van der Waals surface area contributed by atoms with Crippen molar-refractivity contribution in [2.45, 2.75) is 32.7 Å². The van der Waals surface area contributed by atoms with Crippen LogP contribution in [0.3, 0.4) is 0 Å². The van der Waals surface area contributed by atoms with Crippen LogP contribution in [0, 0.1) is 0 Å². The summed E-state index contributed by atoms with van der Waals surface area (Å²) in [4.78, 5) is 2.23. The average molecular weight is 160 g/mol. The van der Waals surface area contributed by atoms with Crippen molar-refractivity contribution >= 4 is 0 Å². The summed E-state index contributed by atoms with van der Waals surface area (Å²) < 4.78 is 0. The Morgan fingerprint density at radius 2 is 1.91 bits per heavy atom. The van der Waals surface area contributed by atoms with Gasteiger partial charge in [0.15, 0.2) is 0 Å². The van der Waals surface area contributed by atoms with E-state index in [1.54, 1.807) is 0 Å². The Morgan fingerprint density at radius 3 is 2.36 bits per heavy atom. The molecule has 11 heavy (non-hydrogen) atoms. The lowest BCUT2D eigenvalue weighted by Crippen LogP contribution is -2.24. The van der Waals surface area contributed by atoms with E-state index in [4.69, 9.17) is 0 Å². The topological polar surface area (TPSA) is 15.3 Å². The molecule has 0 saturated carbocycles. The molecule has 0 unspecified atom stereocenters. The first-order valence-electron chi connectivity index (χ1n) is 4.51. The zero-order valence-electron chi connectivity index (χ0n) is 8.35. The number of nitrogens with zero attached hydrogens (tertiary/aromatic N) is 1. The average Bonchev–Trinajstić information content (AvgIpc) is 1.85. The van der Waals surface area contributed by atoms with Crippen molar-refractivity contribution in [3.8, 4) is 0 Å². The fourth-order valence-corrected chi connectivity index (χ4v) is 0.944. The first kappa shape index (κ1) is 10.9. The first-order valence-corrected chi connectivity index (χ1v) is 4.51. The molecule has 0 rings (SSSR count). The lowest BCUT2D eigenvalue weighted by molar-refractivity contribution is 0.389. The molecule has 0 saturated heterocycles. The van der Waals surface area contributed by atoms with Crippen LogP contribution in [-0.2, 0) is 0 Å². The SMILES string of the molecule is CC(C)NCCCCN(C)C.[HH]. The van der Waals surface area contributed by atoms with Crippen LogP contribution in [-0.4, -0.2) is 38.1 Å². The third kappa shape index (κ3) is 9.92. The van der Waals surface area contributed by atoms with Crippen LogP contribution < -0.4 is 5.32 Å². The highest BCUT2D eigenvalue weighted by Crippen LogP contribution is 1.89. The van der Waals surface area contributed by atoms with Gasteiger partial charge in [0.1, 0.15) is 0 Å². The molecule has 1 N–H and O–H groups in total. The Bertz CT molecular complexity index is 74.6. The van der Waals surface area contributed by atoms with E-state index in [2.05, 4.69) is 38.2 Å². The highest BCUT2D eigenvalue weighted by molar-refractivity contribution is 4.53. The summed E-state index contributed by atoms with van der Waals surface area (Å²) >= 11 is 0. The Hall–Kier alpha value is -0.0800. The molecular weight excluding hydrogens is 136 g/mol. The lowest BCUT2D eigenvalue weighted by Gasteiger charge is -2.10. The standard InChI is InChI=1S/C9H22N2.H2/c1-9(2)10-7-5-6-8-11(3)4;/h9-10H,5-8H2,1-4H3;1H. The van der Waals surface area contributed by atoms with Gasteiger partial charge in [-0.25, -0.2) is 0 Å². The summed E-state index contributed by atoms with van der Waals surface area (Å²) in [5.41, 5.74) is 0. The lowest BCUT2D eigenvalue weighted by atomic mass is 10.3. The van der Waals surface area contributed by atoms with E-state index in [9.17, 15) is 0 Å². The summed E-state index contributed by atoms with van der Waals surface area (Å²) in [6, 6.07) is 0.634. The molecule has 0 aliphatic heterocycles. The summed E-state index contributed by atoms with van der Waals surface area (Å²) in [6.45, 7) is 6.74. The third-order valence-electron chi connectivity index (χ3n) is 1.58. The molecule has 0 aromatic rings. The van der Waals surface area contributed by atoms with Gasteiger partial charge < -0.3 is 10.2 Å². The predicted octanol–water partition coefficient (Wildman–Crippen LogP) is 1.57. The molecule has 0 bridgehead atoms. The van der Waals surface area contributed by atoms with E-state index >= 15 is 0 Å². The van der Waals surface area contributed by atoms with Gasteiger partial charge in [-0.05, 0) is 40.0 Å². The Labute approximate surface area is 72.5 Å². The molecule has 0 atom stereocenters. The van der Waals surface area contributed by atoms with Crippen LogP contribution in [0.15, 0.2) is 0 Å². The zero-order chi connectivity index (χ0) is 8.69. The minimum atomic E-state index is 0. The summed E-state index contributed by atoms with van der Waals surface area (Å²) in [6.07, 6.45) is 2.59. The Balaban J connectivity index is 0. The Kier molecular flexibility index (Phi) is 6.57. The smallest absolute Gasteiger partial charge is 0.00103 e. The van der Waals surface area contributed by atoms with Crippen molar-refractivity contribution in [1.82, 2.24) is 10.2 Å². The van der Waals surface area contributed by atoms with Crippen LogP contribution in [0.5, 0.6) is 0 Å². The molecule has 0 heterocycles. The van der Waals surface area contributed by atoms with Crippen molar-refractivity contribution in [1.29, 1.82) is 0 Å². The van der Waals surface area contributed by atoms with Gasteiger partial charge in [0.25, 0.3) is 0 Å². The summed E-state index contributed by atoms with van der Waals surface area (Å²) in [7, 11) is 4.24. The molecule has 70 valence electrons. The van der Waals surface area contributed by atoms with E-state index in [0.29, 0.717) is 6.04 Å². The van der Waals surface area contributed by atoms with Gasteiger partial charge in [-0.3, -0.25) is 0 Å². The molecule has 2 heteroatoms. The number of unbranched alkanes of at least 4 members (excludes halogenated alkanes) is 1. The van der Waals surface area contributed by atoms with Gasteiger partial charge >= 0.3 is 0 Å². The van der Waals surface area contributed by atoms with Crippen molar-refractivity contribution in [2.75, 3.05) is 27.2 Å². The maximum absolute atomic E-state index is 3.40. The third-order valence-corrected chi connectivity index (χ3v) is 1.58. The monoisotopic (exact) mass is 160 g/mol. The minimum Gasteiger partial charge on any atom is -0.315 e. The highest BCUT2D eigenvalue weighted by atomic mass is 15.0. The minimum absolute atomic E-state index is 0. The number of hydrogen-bond acceptors (Lipinski definition) is 2. The maximum Gasteiger partial charge on any atom is 0.00103 e. The second kappa shape index (κ2) is 6.62. The van der Waals surface area contributed by atoms with Gasteiger partial charge in [-0.1, -0.05) is 13.8 Å². The molecule has 0 aliphatic rings. The maximum atomic E-state index is 3.40. The molecule has 0 aromatic heterocycles. The molecule has 2 nitrogen and oxygen atoms in total. The summed E-state index contributed by atoms with van der Waals surface area (Å²) in [5, 5.41) is 3.40. The molecule has 0 fully saturated rings. The molecule has 0 radical (unpaired) electrons. The predicted molar refractivity (Wildman–Crippen MR) is 53.0 cm³/mol. The fraction of sp³-hybridized carbons (Fsp3) is 1.00. The quantitative estimate of drug-likeness (QED) is 0.593. The van der Waals surface area contributed by atoms with Gasteiger partial charge in [-0.2, -0.15) is 0 Å². The highest BCUT2D eigenvalue weighted by Gasteiger charge is 1.92. The van der Waals surface area contributed by atoms with E-state index in [1.807, 2.05) is 0 Å². The number of hydrogen-bond donors (Lipinski definition) is 1. The van der Waals surface area contributed by atoms with E-state index in [1.165, 1.54) is 19.4 Å². The Morgan fingerprint density at radius 1 is 1.27 bits per heavy atom. The fourth-order valence-electron chi connectivity index (χ4n) is 0.944. The van der Waals surface area contributed by atoms with Crippen LogP contribution in [0.4, 0.5) is 0 Å². The van der Waals surface area contributed by atoms with Crippen molar-refractivity contribution in [3.05, 3.63) is 0 Å². The number of nitrogens with one attached hydrogen (secondary N) is 1. The molecule has 0 amide bonds. The van der Waals surface area contributed by atoms with Crippen molar-refractivity contribution < 1.29 is 1.43 Å². The van der Waals surface area contributed by atoms with Crippen LogP contribution >= 0.6 is 0 Å². The molecule has 0 spiro atoms. The van der Waals surface area contributed by atoms with Crippen LogP contribution in [0.1, 0.15) is 28.1 Å². The van der Waals surface area contributed by atoms with Crippen molar-refractivity contribution in [3.63, 3.8) is 0 Å². The number of rotatable bonds is 6. The normalized spacial score (nSPS) is 11.5. The molecule has 0 aliphatic carbocycles. The van der Waals surface area contributed by atoms with Gasteiger partial charge in [0.2, 0.25) is 0 Å². The van der Waals surface area contributed by atoms with Gasteiger partial charge in [0.05, 0.1) is 0 Å². The molecular formula is C9H24N2. The van der Waals surface area contributed by atoms with Gasteiger partial charge in [-0.15, -0.1) is 0 Å². The molecule has 0 aromatic carbocycles. The first-order chi connectivity index (χ1) is 5.13. The van der Waals surface area contributed by atoms with Crippen LogP contribution in [0.25, 0.3) is 0 Å². The van der Waals surface area contributed by atoms with Gasteiger partial charge in [0, 0.05) is 7.47 Å². The van der Waals surface area contributed by atoms with Crippen molar-refractivity contribution in [2.24, 2.45) is 0 Å². The van der Waals surface area contributed by atoms with E-state index < -0.39 is 0 Å². The van der Waals surface area contributed by atoms with E-state index in [0.717, 1.165) is 6.54 Å².